The molecule has 0 fully saturated rings. The van der Waals surface area contributed by atoms with Crippen molar-refractivity contribution in [2.45, 2.75) is 4.90 Å². The Balaban J connectivity index is 1.95. The van der Waals surface area contributed by atoms with E-state index in [0.29, 0.717) is 4.91 Å². The minimum Gasteiger partial charge on any atom is -0.488 e. The lowest BCUT2D eigenvalue weighted by Gasteiger charge is -2.08. The number of para-hydroxylation sites is 1. The molecule has 0 aliphatic carbocycles. The maximum atomic E-state index is 12.1. The van der Waals surface area contributed by atoms with Crippen LogP contribution in [0, 0.1) is 0 Å². The van der Waals surface area contributed by atoms with Crippen LogP contribution in [0.25, 0.3) is 0 Å². The Morgan fingerprint density at radius 2 is 1.56 bits per heavy atom. The lowest BCUT2D eigenvalue weighted by molar-refractivity contribution is 0.359. The molecule has 0 aromatic heterocycles. The van der Waals surface area contributed by atoms with Gasteiger partial charge in [-0.2, -0.15) is 0 Å². The number of rotatable bonds is 5. The molecule has 1 unspecified atom stereocenters. The second kappa shape index (κ2) is 6.17. The van der Waals surface area contributed by atoms with E-state index in [1.54, 1.807) is 0 Å². The quantitative estimate of drug-likeness (QED) is 0.821. The van der Waals surface area contributed by atoms with Gasteiger partial charge >= 0.3 is 0 Å². The summed E-state index contributed by atoms with van der Waals surface area (Å²) < 4.78 is 17.6. The van der Waals surface area contributed by atoms with Gasteiger partial charge in [-0.1, -0.05) is 43.0 Å². The van der Waals surface area contributed by atoms with Crippen molar-refractivity contribution in [1.82, 2.24) is 0 Å². The molecule has 0 saturated heterocycles. The third-order valence-corrected chi connectivity index (χ3v) is 3.71. The molecule has 2 nitrogen and oxygen atoms in total. The van der Waals surface area contributed by atoms with Gasteiger partial charge < -0.3 is 4.74 Å². The van der Waals surface area contributed by atoms with E-state index in [1.165, 1.54) is 0 Å². The molecule has 18 heavy (non-hydrogen) atoms. The van der Waals surface area contributed by atoms with E-state index in [0.717, 1.165) is 10.6 Å². The molecule has 0 saturated carbocycles. The highest BCUT2D eigenvalue weighted by atomic mass is 32.2. The zero-order chi connectivity index (χ0) is 12.8. The predicted molar refractivity (Wildman–Crippen MR) is 73.9 cm³/mol. The fraction of sp³-hybridized carbons (Fsp3) is 0.0667. The van der Waals surface area contributed by atoms with Gasteiger partial charge in [-0.3, -0.25) is 0 Å². The van der Waals surface area contributed by atoms with Crippen LogP contribution in [0.4, 0.5) is 0 Å². The van der Waals surface area contributed by atoms with Crippen LogP contribution in [-0.2, 0) is 10.8 Å². The Morgan fingerprint density at radius 1 is 1.00 bits per heavy atom. The maximum Gasteiger partial charge on any atom is 0.121 e. The molecule has 2 aromatic carbocycles. The molecule has 0 spiro atoms. The topological polar surface area (TPSA) is 26.3 Å². The van der Waals surface area contributed by atoms with Crippen molar-refractivity contribution < 1.29 is 8.95 Å². The van der Waals surface area contributed by atoms with Crippen LogP contribution in [0.1, 0.15) is 0 Å². The zero-order valence-electron chi connectivity index (χ0n) is 9.91. The van der Waals surface area contributed by atoms with Crippen molar-refractivity contribution in [2.75, 3.05) is 6.61 Å². The first-order valence-corrected chi connectivity index (χ1v) is 6.75. The van der Waals surface area contributed by atoms with Crippen molar-refractivity contribution in [2.24, 2.45) is 0 Å². The fourth-order valence-electron chi connectivity index (χ4n) is 1.44. The largest absolute Gasteiger partial charge is 0.488 e. The molecular weight excluding hydrogens is 244 g/mol. The molecule has 0 aliphatic heterocycles. The molecule has 0 bridgehead atoms. The van der Waals surface area contributed by atoms with Gasteiger partial charge in [-0.05, 0) is 24.3 Å². The molecule has 0 heterocycles. The van der Waals surface area contributed by atoms with E-state index in [1.807, 2.05) is 60.7 Å². The monoisotopic (exact) mass is 258 g/mol. The average Bonchev–Trinajstić information content (AvgIpc) is 2.46. The molecule has 3 heteroatoms. The Hall–Kier alpha value is -1.87. The number of hydrogen-bond donors (Lipinski definition) is 0. The summed E-state index contributed by atoms with van der Waals surface area (Å²) in [6, 6.07) is 18.7. The second-order valence-corrected chi connectivity index (χ2v) is 5.31. The van der Waals surface area contributed by atoms with Crippen LogP contribution in [0.2, 0.25) is 0 Å². The predicted octanol–water partition coefficient (Wildman–Crippen LogP) is 3.39. The van der Waals surface area contributed by atoms with Crippen LogP contribution >= 0.6 is 0 Å². The zero-order valence-corrected chi connectivity index (χ0v) is 10.7. The van der Waals surface area contributed by atoms with Crippen LogP contribution in [0.5, 0.6) is 5.75 Å². The number of benzene rings is 2. The van der Waals surface area contributed by atoms with Crippen LogP contribution in [0.15, 0.2) is 77.0 Å². The first kappa shape index (κ1) is 12.6. The van der Waals surface area contributed by atoms with Gasteiger partial charge in [0.15, 0.2) is 0 Å². The van der Waals surface area contributed by atoms with Crippen LogP contribution in [0.3, 0.4) is 0 Å². The molecular formula is C15H14O2S. The number of ether oxygens (including phenoxy) is 1. The Labute approximate surface area is 109 Å². The molecule has 92 valence electrons. The lowest BCUT2D eigenvalue weighted by atomic mass is 10.3. The van der Waals surface area contributed by atoms with Crippen LogP contribution in [-0.4, -0.2) is 10.8 Å². The van der Waals surface area contributed by atoms with Crippen molar-refractivity contribution in [3.8, 4) is 5.75 Å². The van der Waals surface area contributed by atoms with E-state index in [9.17, 15) is 4.21 Å². The molecule has 0 aliphatic rings. The van der Waals surface area contributed by atoms with Gasteiger partial charge in [-0.25, -0.2) is 4.21 Å². The maximum absolute atomic E-state index is 12.1. The van der Waals surface area contributed by atoms with Gasteiger partial charge in [0.25, 0.3) is 0 Å². The van der Waals surface area contributed by atoms with Crippen molar-refractivity contribution in [3.63, 3.8) is 0 Å². The second-order valence-electron chi connectivity index (χ2n) is 3.72. The minimum atomic E-state index is -1.22. The highest BCUT2D eigenvalue weighted by Gasteiger charge is 2.08. The summed E-state index contributed by atoms with van der Waals surface area (Å²) in [4.78, 5) is 1.31. The van der Waals surface area contributed by atoms with Crippen molar-refractivity contribution in [1.29, 1.82) is 0 Å². The van der Waals surface area contributed by atoms with E-state index in [4.69, 9.17) is 4.74 Å². The normalized spacial score (nSPS) is 11.8. The van der Waals surface area contributed by atoms with E-state index >= 15 is 0 Å². The molecule has 2 rings (SSSR count). The Bertz CT molecular complexity index is 535. The lowest BCUT2D eigenvalue weighted by Crippen LogP contribution is -2.05. The minimum absolute atomic E-state index is 0.255. The van der Waals surface area contributed by atoms with Gasteiger partial charge in [-0.15, -0.1) is 0 Å². The van der Waals surface area contributed by atoms with Gasteiger partial charge in [0, 0.05) is 4.90 Å². The molecule has 1 atom stereocenters. The summed E-state index contributed by atoms with van der Waals surface area (Å²) in [6.07, 6.45) is 0. The molecule has 0 radical (unpaired) electrons. The summed E-state index contributed by atoms with van der Waals surface area (Å²) in [5.41, 5.74) is 0. The summed E-state index contributed by atoms with van der Waals surface area (Å²) in [7, 11) is -1.22. The summed E-state index contributed by atoms with van der Waals surface area (Å²) in [5.74, 6) is 0.753. The van der Waals surface area contributed by atoms with Crippen molar-refractivity contribution >= 4 is 10.8 Å². The molecule has 0 amide bonds. The Morgan fingerprint density at radius 3 is 2.17 bits per heavy atom. The average molecular weight is 258 g/mol. The van der Waals surface area contributed by atoms with Crippen molar-refractivity contribution in [3.05, 3.63) is 72.1 Å². The first-order chi connectivity index (χ1) is 8.77. The van der Waals surface area contributed by atoms with E-state index in [2.05, 4.69) is 6.58 Å². The molecule has 0 N–H and O–H groups in total. The highest BCUT2D eigenvalue weighted by Crippen LogP contribution is 2.15. The van der Waals surface area contributed by atoms with Gasteiger partial charge in [0.05, 0.1) is 15.7 Å². The highest BCUT2D eigenvalue weighted by molar-refractivity contribution is 7.89. The summed E-state index contributed by atoms with van der Waals surface area (Å²) in [5, 5.41) is 0. The van der Waals surface area contributed by atoms with Crippen LogP contribution < -0.4 is 4.74 Å². The third-order valence-electron chi connectivity index (χ3n) is 2.36. The fourth-order valence-corrected chi connectivity index (χ4v) is 2.35. The standard InChI is InChI=1S/C15H14O2S/c1-13(12-17-14-8-4-2-5-9-14)18(16)15-10-6-3-7-11-15/h2-11H,1,12H2. The van der Waals surface area contributed by atoms with E-state index in [-0.39, 0.29) is 6.61 Å². The number of hydrogen-bond acceptors (Lipinski definition) is 2. The van der Waals surface area contributed by atoms with Gasteiger partial charge in [0.1, 0.15) is 12.4 Å². The van der Waals surface area contributed by atoms with Gasteiger partial charge in [0.2, 0.25) is 0 Å². The molecule has 2 aromatic rings. The first-order valence-electron chi connectivity index (χ1n) is 5.60. The smallest absolute Gasteiger partial charge is 0.121 e. The summed E-state index contributed by atoms with van der Waals surface area (Å²) >= 11 is 0. The summed E-state index contributed by atoms with van der Waals surface area (Å²) in [6.45, 7) is 4.08. The third kappa shape index (κ3) is 3.31. The SMILES string of the molecule is C=C(COc1ccccc1)S(=O)c1ccccc1. The Kier molecular flexibility index (Phi) is 4.31. The van der Waals surface area contributed by atoms with E-state index < -0.39 is 10.8 Å².